The summed E-state index contributed by atoms with van der Waals surface area (Å²) < 4.78 is 5.07. The third kappa shape index (κ3) is 3.53. The van der Waals surface area contributed by atoms with Gasteiger partial charge in [0.05, 0.1) is 17.8 Å². The predicted molar refractivity (Wildman–Crippen MR) is 72.4 cm³/mol. The van der Waals surface area contributed by atoms with Crippen molar-refractivity contribution in [2.24, 2.45) is 10.7 Å². The summed E-state index contributed by atoms with van der Waals surface area (Å²) in [4.78, 5) is 15.2. The van der Waals surface area contributed by atoms with Crippen molar-refractivity contribution < 1.29 is 9.53 Å². The summed E-state index contributed by atoms with van der Waals surface area (Å²) in [5.74, 6) is 0.646. The van der Waals surface area contributed by atoms with Crippen molar-refractivity contribution in [3.63, 3.8) is 0 Å². The van der Waals surface area contributed by atoms with Crippen LogP contribution in [0.4, 0.5) is 10.5 Å². The topological polar surface area (TPSA) is 88.7 Å². The molecule has 0 aliphatic carbocycles. The number of carbonyl (C=O) groups is 1. The Balaban J connectivity index is 2.88. The van der Waals surface area contributed by atoms with Crippen LogP contribution in [0.1, 0.15) is 5.56 Å². The average molecular weight is 271 g/mol. The molecule has 7 heteroatoms. The first-order chi connectivity index (χ1) is 8.47. The van der Waals surface area contributed by atoms with E-state index in [2.05, 4.69) is 15.6 Å². The molecule has 0 atom stereocenters. The van der Waals surface area contributed by atoms with Crippen molar-refractivity contribution in [2.45, 2.75) is 6.92 Å². The molecule has 0 fully saturated rings. The van der Waals surface area contributed by atoms with Crippen molar-refractivity contribution in [3.8, 4) is 5.75 Å². The molecular weight excluding hydrogens is 256 g/mol. The number of nitrogens with zero attached hydrogens (tertiary/aromatic N) is 1. The van der Waals surface area contributed by atoms with Crippen LogP contribution in [0.15, 0.2) is 17.1 Å². The first kappa shape index (κ1) is 14.1. The minimum Gasteiger partial charge on any atom is -0.497 e. The van der Waals surface area contributed by atoms with E-state index in [-0.39, 0.29) is 5.96 Å². The number of carbonyl (C=O) groups excluding carboxylic acids is 1. The highest BCUT2D eigenvalue weighted by Gasteiger charge is 2.10. The molecular formula is C11H15ClN4O2. The van der Waals surface area contributed by atoms with Crippen LogP contribution in [0.2, 0.25) is 5.02 Å². The van der Waals surface area contributed by atoms with Gasteiger partial charge in [-0.25, -0.2) is 4.79 Å². The standard InChI is InChI=1S/C11H15ClN4O2/c1-6-4-7(18-3)5-8(12)9(6)15-11(17)16-10(13)14-2/h4-5H,1-3H3,(H4,13,14,15,16,17). The number of hydrogen-bond donors (Lipinski definition) is 3. The van der Waals surface area contributed by atoms with Crippen molar-refractivity contribution in [3.05, 3.63) is 22.7 Å². The van der Waals surface area contributed by atoms with E-state index in [4.69, 9.17) is 22.1 Å². The summed E-state index contributed by atoms with van der Waals surface area (Å²) >= 11 is 6.04. The second kappa shape index (κ2) is 6.11. The summed E-state index contributed by atoms with van der Waals surface area (Å²) in [6.07, 6.45) is 0. The van der Waals surface area contributed by atoms with Gasteiger partial charge in [0, 0.05) is 13.1 Å². The molecule has 6 nitrogen and oxygen atoms in total. The third-order valence-electron chi connectivity index (χ3n) is 2.22. The summed E-state index contributed by atoms with van der Waals surface area (Å²) in [5, 5.41) is 5.33. The second-order valence-corrected chi connectivity index (χ2v) is 3.90. The van der Waals surface area contributed by atoms with Gasteiger partial charge in [0.15, 0.2) is 5.96 Å². The molecule has 0 radical (unpaired) electrons. The van der Waals surface area contributed by atoms with Crippen LogP contribution >= 0.6 is 11.6 Å². The minimum absolute atomic E-state index is 0.0230. The molecule has 0 saturated carbocycles. The number of benzene rings is 1. The molecule has 0 bridgehead atoms. The van der Waals surface area contributed by atoms with Gasteiger partial charge in [-0.05, 0) is 18.6 Å². The number of nitrogens with one attached hydrogen (secondary N) is 2. The number of rotatable bonds is 2. The van der Waals surface area contributed by atoms with Crippen molar-refractivity contribution in [2.75, 3.05) is 19.5 Å². The van der Waals surface area contributed by atoms with E-state index in [1.54, 1.807) is 26.2 Å². The van der Waals surface area contributed by atoms with Gasteiger partial charge in [0.2, 0.25) is 0 Å². The Labute approximate surface area is 110 Å². The van der Waals surface area contributed by atoms with Gasteiger partial charge in [0.1, 0.15) is 5.75 Å². The van der Waals surface area contributed by atoms with E-state index in [0.29, 0.717) is 16.5 Å². The average Bonchev–Trinajstić information content (AvgIpc) is 2.33. The maximum absolute atomic E-state index is 11.6. The number of aliphatic imine (C=N–C) groups is 1. The van der Waals surface area contributed by atoms with Gasteiger partial charge in [-0.3, -0.25) is 10.3 Å². The smallest absolute Gasteiger partial charge is 0.326 e. The zero-order valence-electron chi connectivity index (χ0n) is 10.4. The third-order valence-corrected chi connectivity index (χ3v) is 2.52. The Morgan fingerprint density at radius 3 is 2.67 bits per heavy atom. The lowest BCUT2D eigenvalue weighted by molar-refractivity contribution is 0.256. The maximum Gasteiger partial charge on any atom is 0.326 e. The number of guanidine groups is 1. The molecule has 0 saturated heterocycles. The molecule has 0 spiro atoms. The Hall–Kier alpha value is -1.95. The summed E-state index contributed by atoms with van der Waals surface area (Å²) in [6, 6.07) is 2.87. The lowest BCUT2D eigenvalue weighted by Crippen LogP contribution is -2.39. The van der Waals surface area contributed by atoms with E-state index in [1.807, 2.05) is 0 Å². The number of ether oxygens (including phenoxy) is 1. The van der Waals surface area contributed by atoms with Gasteiger partial charge in [-0.1, -0.05) is 11.6 Å². The van der Waals surface area contributed by atoms with E-state index >= 15 is 0 Å². The Kier molecular flexibility index (Phi) is 4.79. The van der Waals surface area contributed by atoms with Crippen LogP contribution in [0.25, 0.3) is 0 Å². The van der Waals surface area contributed by atoms with Crippen LogP contribution in [0.3, 0.4) is 0 Å². The zero-order valence-corrected chi connectivity index (χ0v) is 11.1. The van der Waals surface area contributed by atoms with Gasteiger partial charge in [0.25, 0.3) is 0 Å². The number of nitrogens with two attached hydrogens (primary N) is 1. The van der Waals surface area contributed by atoms with Crippen LogP contribution in [-0.4, -0.2) is 26.1 Å². The number of methoxy groups -OCH3 is 1. The molecule has 18 heavy (non-hydrogen) atoms. The van der Waals surface area contributed by atoms with E-state index in [0.717, 1.165) is 5.56 Å². The fourth-order valence-electron chi connectivity index (χ4n) is 1.31. The lowest BCUT2D eigenvalue weighted by atomic mass is 10.2. The highest BCUT2D eigenvalue weighted by molar-refractivity contribution is 6.34. The highest BCUT2D eigenvalue weighted by atomic mass is 35.5. The summed E-state index contributed by atoms with van der Waals surface area (Å²) in [5.41, 5.74) is 6.65. The zero-order chi connectivity index (χ0) is 13.7. The maximum atomic E-state index is 11.6. The quantitative estimate of drug-likeness (QED) is 0.565. The SMILES string of the molecule is CN=C(N)NC(=O)Nc1c(C)cc(OC)cc1Cl. The Bertz CT molecular complexity index is 465. The minimum atomic E-state index is -0.506. The summed E-state index contributed by atoms with van der Waals surface area (Å²) in [7, 11) is 3.02. The van der Waals surface area contributed by atoms with Crippen LogP contribution in [0, 0.1) is 6.92 Å². The molecule has 1 aromatic carbocycles. The predicted octanol–water partition coefficient (Wildman–Crippen LogP) is 1.72. The fraction of sp³-hybridized carbons (Fsp3) is 0.273. The molecule has 0 aliphatic rings. The monoisotopic (exact) mass is 270 g/mol. The number of halogens is 1. The molecule has 1 rings (SSSR count). The Morgan fingerprint density at radius 2 is 2.17 bits per heavy atom. The fourth-order valence-corrected chi connectivity index (χ4v) is 1.61. The number of anilines is 1. The molecule has 0 aliphatic heterocycles. The number of urea groups is 1. The van der Waals surface area contributed by atoms with Gasteiger partial charge in [-0.15, -0.1) is 0 Å². The Morgan fingerprint density at radius 1 is 1.50 bits per heavy atom. The molecule has 0 unspecified atom stereocenters. The van der Waals surface area contributed by atoms with Crippen molar-refractivity contribution >= 4 is 29.3 Å². The largest absolute Gasteiger partial charge is 0.497 e. The van der Waals surface area contributed by atoms with Crippen LogP contribution in [0.5, 0.6) is 5.75 Å². The van der Waals surface area contributed by atoms with E-state index in [1.165, 1.54) is 7.05 Å². The first-order valence-corrected chi connectivity index (χ1v) is 5.50. The van der Waals surface area contributed by atoms with E-state index < -0.39 is 6.03 Å². The van der Waals surface area contributed by atoms with Gasteiger partial charge < -0.3 is 15.8 Å². The molecule has 4 N–H and O–H groups in total. The van der Waals surface area contributed by atoms with Crippen molar-refractivity contribution in [1.29, 1.82) is 0 Å². The molecule has 0 aromatic heterocycles. The van der Waals surface area contributed by atoms with Crippen LogP contribution < -0.4 is 21.1 Å². The number of amides is 2. The first-order valence-electron chi connectivity index (χ1n) is 5.12. The number of hydrogen-bond acceptors (Lipinski definition) is 3. The van der Waals surface area contributed by atoms with E-state index in [9.17, 15) is 4.79 Å². The van der Waals surface area contributed by atoms with Crippen molar-refractivity contribution in [1.82, 2.24) is 5.32 Å². The molecule has 2 amide bonds. The molecule has 1 aromatic rings. The van der Waals surface area contributed by atoms with Gasteiger partial charge in [-0.2, -0.15) is 0 Å². The highest BCUT2D eigenvalue weighted by Crippen LogP contribution is 2.30. The van der Waals surface area contributed by atoms with Crippen LogP contribution in [-0.2, 0) is 0 Å². The summed E-state index contributed by atoms with van der Waals surface area (Å²) in [6.45, 7) is 1.81. The normalized spacial score (nSPS) is 11.0. The lowest BCUT2D eigenvalue weighted by Gasteiger charge is -2.12. The van der Waals surface area contributed by atoms with Gasteiger partial charge >= 0.3 is 6.03 Å². The molecule has 98 valence electrons. The second-order valence-electron chi connectivity index (χ2n) is 3.49. The molecule has 0 heterocycles. The number of aryl methyl sites for hydroxylation is 1.